The molecule has 0 radical (unpaired) electrons. The summed E-state index contributed by atoms with van der Waals surface area (Å²) < 4.78 is 0. The predicted octanol–water partition coefficient (Wildman–Crippen LogP) is 0.577. The van der Waals surface area contributed by atoms with E-state index >= 15 is 0 Å². The number of likely N-dealkylation sites (N-methyl/N-ethyl adjacent to an activating group) is 1. The summed E-state index contributed by atoms with van der Waals surface area (Å²) in [5.74, 6) is 0.298. The van der Waals surface area contributed by atoms with Gasteiger partial charge in [0, 0.05) is 46.0 Å². The Morgan fingerprint density at radius 2 is 2.05 bits per heavy atom. The van der Waals surface area contributed by atoms with Crippen LogP contribution in [0, 0.1) is 0 Å². The van der Waals surface area contributed by atoms with E-state index in [1.165, 1.54) is 0 Å². The van der Waals surface area contributed by atoms with Crippen molar-refractivity contribution < 1.29 is 4.79 Å². The summed E-state index contributed by atoms with van der Waals surface area (Å²) in [7, 11) is 5.33. The van der Waals surface area contributed by atoms with Crippen LogP contribution < -0.4 is 5.73 Å². The molecule has 2 N–H and O–H groups in total. The molecule has 0 saturated heterocycles. The van der Waals surface area contributed by atoms with E-state index < -0.39 is 0 Å². The van der Waals surface area contributed by atoms with Crippen molar-refractivity contribution in [2.75, 3.05) is 34.2 Å². The summed E-state index contributed by atoms with van der Waals surface area (Å²) in [5, 5.41) is 0. The molecule has 1 aromatic rings. The minimum Gasteiger partial charge on any atom is -0.370 e. The van der Waals surface area contributed by atoms with Gasteiger partial charge in [-0.25, -0.2) is 4.99 Å². The van der Waals surface area contributed by atoms with Gasteiger partial charge in [0.25, 0.3) is 0 Å². The maximum absolute atomic E-state index is 11.8. The van der Waals surface area contributed by atoms with Crippen molar-refractivity contribution in [2.24, 2.45) is 10.7 Å². The fourth-order valence-electron chi connectivity index (χ4n) is 1.36. The van der Waals surface area contributed by atoms with Crippen LogP contribution in [0.5, 0.6) is 0 Å². The maximum atomic E-state index is 11.8. The molecule has 0 spiro atoms. The molecule has 1 rings (SSSR count). The molecule has 0 aromatic carbocycles. The Morgan fingerprint density at radius 3 is 2.60 bits per heavy atom. The lowest BCUT2D eigenvalue weighted by molar-refractivity contribution is -0.128. The van der Waals surface area contributed by atoms with Crippen molar-refractivity contribution in [3.05, 3.63) is 30.1 Å². The third-order valence-electron chi connectivity index (χ3n) is 2.69. The van der Waals surface area contributed by atoms with Gasteiger partial charge < -0.3 is 15.5 Å². The standard InChI is InChI=1S/C13H21N5O.HI/c1-17(2)13(14)16-10-12(19)18(3)9-7-11-6-4-5-8-15-11;/h4-6,8H,7,9-10H2,1-3H3,(H2,14,16);1H. The van der Waals surface area contributed by atoms with Crippen LogP contribution in [-0.2, 0) is 11.2 Å². The van der Waals surface area contributed by atoms with Gasteiger partial charge >= 0.3 is 0 Å². The van der Waals surface area contributed by atoms with E-state index in [4.69, 9.17) is 5.73 Å². The number of hydrogen-bond acceptors (Lipinski definition) is 3. The molecule has 1 aromatic heterocycles. The van der Waals surface area contributed by atoms with Gasteiger partial charge in [-0.1, -0.05) is 6.07 Å². The number of rotatable bonds is 5. The van der Waals surface area contributed by atoms with Gasteiger partial charge in [-0.2, -0.15) is 0 Å². The lowest BCUT2D eigenvalue weighted by Crippen LogP contribution is -2.34. The monoisotopic (exact) mass is 391 g/mol. The number of guanidine groups is 1. The molecule has 0 atom stereocenters. The van der Waals surface area contributed by atoms with Gasteiger partial charge in [0.1, 0.15) is 6.54 Å². The quantitative estimate of drug-likeness (QED) is 0.453. The van der Waals surface area contributed by atoms with E-state index in [9.17, 15) is 4.79 Å². The minimum absolute atomic E-state index is 0. The zero-order valence-corrected chi connectivity index (χ0v) is 14.4. The number of pyridine rings is 1. The van der Waals surface area contributed by atoms with Crippen molar-refractivity contribution >= 4 is 35.8 Å². The number of hydrogen-bond donors (Lipinski definition) is 1. The van der Waals surface area contributed by atoms with Gasteiger partial charge in [-0.15, -0.1) is 24.0 Å². The van der Waals surface area contributed by atoms with Crippen LogP contribution in [0.25, 0.3) is 0 Å². The summed E-state index contributed by atoms with van der Waals surface area (Å²) in [5.41, 5.74) is 6.60. The molecule has 112 valence electrons. The van der Waals surface area contributed by atoms with E-state index in [0.29, 0.717) is 12.5 Å². The van der Waals surface area contributed by atoms with Crippen molar-refractivity contribution in [1.29, 1.82) is 0 Å². The molecule has 0 bridgehead atoms. The average Bonchev–Trinajstić information content (AvgIpc) is 2.42. The number of halogens is 1. The molecule has 1 heterocycles. The molecule has 0 fully saturated rings. The van der Waals surface area contributed by atoms with Crippen molar-refractivity contribution in [1.82, 2.24) is 14.8 Å². The molecule has 0 aliphatic rings. The van der Waals surface area contributed by atoms with E-state index in [2.05, 4.69) is 9.98 Å². The SMILES string of the molecule is CN(C)C(N)=NCC(=O)N(C)CCc1ccccn1.I. The second-order valence-corrected chi connectivity index (χ2v) is 4.46. The topological polar surface area (TPSA) is 74.8 Å². The first-order chi connectivity index (χ1) is 9.00. The first kappa shape index (κ1) is 18.6. The smallest absolute Gasteiger partial charge is 0.244 e. The zero-order chi connectivity index (χ0) is 14.3. The third kappa shape index (κ3) is 6.69. The molecule has 0 saturated carbocycles. The second-order valence-electron chi connectivity index (χ2n) is 4.46. The largest absolute Gasteiger partial charge is 0.370 e. The third-order valence-corrected chi connectivity index (χ3v) is 2.69. The Labute approximate surface area is 137 Å². The molecule has 0 aliphatic carbocycles. The molecule has 7 heteroatoms. The Bertz CT molecular complexity index is 436. The van der Waals surface area contributed by atoms with Crippen LogP contribution >= 0.6 is 24.0 Å². The number of amides is 1. The summed E-state index contributed by atoms with van der Waals surface area (Å²) in [6.07, 6.45) is 2.48. The minimum atomic E-state index is -0.0549. The van der Waals surface area contributed by atoms with Gasteiger partial charge in [-0.3, -0.25) is 9.78 Å². The first-order valence-electron chi connectivity index (χ1n) is 6.12. The lowest BCUT2D eigenvalue weighted by atomic mass is 10.2. The molecule has 1 amide bonds. The number of nitrogens with zero attached hydrogens (tertiary/aromatic N) is 4. The molecular weight excluding hydrogens is 369 g/mol. The summed E-state index contributed by atoms with van der Waals surface area (Å²) >= 11 is 0. The van der Waals surface area contributed by atoms with Gasteiger partial charge in [0.05, 0.1) is 0 Å². The van der Waals surface area contributed by atoms with E-state index in [1.807, 2.05) is 18.2 Å². The van der Waals surface area contributed by atoms with Crippen LogP contribution in [0.15, 0.2) is 29.4 Å². The van der Waals surface area contributed by atoms with Crippen molar-refractivity contribution in [2.45, 2.75) is 6.42 Å². The van der Waals surface area contributed by atoms with E-state index in [1.54, 1.807) is 37.1 Å². The van der Waals surface area contributed by atoms with Crippen LogP contribution in [0.4, 0.5) is 0 Å². The summed E-state index contributed by atoms with van der Waals surface area (Å²) in [4.78, 5) is 23.4. The van der Waals surface area contributed by atoms with Crippen LogP contribution in [0.3, 0.4) is 0 Å². The van der Waals surface area contributed by atoms with Crippen LogP contribution in [-0.4, -0.2) is 60.9 Å². The summed E-state index contributed by atoms with van der Waals surface area (Å²) in [6.45, 7) is 0.690. The Hall–Kier alpha value is -1.38. The predicted molar refractivity (Wildman–Crippen MR) is 91.2 cm³/mol. The molecular formula is C13H22IN5O. The normalized spacial score (nSPS) is 10.7. The molecule has 6 nitrogen and oxygen atoms in total. The lowest BCUT2D eigenvalue weighted by Gasteiger charge is -2.16. The Balaban J connectivity index is 0.00000361. The number of carbonyl (C=O) groups excluding carboxylic acids is 1. The van der Waals surface area contributed by atoms with Gasteiger partial charge in [0.15, 0.2) is 5.96 Å². The number of nitrogens with two attached hydrogens (primary N) is 1. The van der Waals surface area contributed by atoms with Crippen molar-refractivity contribution in [3.63, 3.8) is 0 Å². The van der Waals surface area contributed by atoms with Gasteiger partial charge in [-0.05, 0) is 12.1 Å². The second kappa shape index (κ2) is 9.51. The fourth-order valence-corrected chi connectivity index (χ4v) is 1.36. The highest BCUT2D eigenvalue weighted by molar-refractivity contribution is 14.0. The maximum Gasteiger partial charge on any atom is 0.244 e. The van der Waals surface area contributed by atoms with Crippen LogP contribution in [0.1, 0.15) is 5.69 Å². The van der Waals surface area contributed by atoms with E-state index in [-0.39, 0.29) is 36.4 Å². The highest BCUT2D eigenvalue weighted by atomic mass is 127. The Morgan fingerprint density at radius 1 is 1.35 bits per heavy atom. The molecule has 0 aliphatic heterocycles. The van der Waals surface area contributed by atoms with Crippen molar-refractivity contribution in [3.8, 4) is 0 Å². The highest BCUT2D eigenvalue weighted by Crippen LogP contribution is 1.97. The highest BCUT2D eigenvalue weighted by Gasteiger charge is 2.08. The van der Waals surface area contributed by atoms with Gasteiger partial charge in [0.2, 0.25) is 5.91 Å². The van der Waals surface area contributed by atoms with Crippen LogP contribution in [0.2, 0.25) is 0 Å². The molecule has 0 unspecified atom stereocenters. The van der Waals surface area contributed by atoms with E-state index in [0.717, 1.165) is 12.1 Å². The fraction of sp³-hybridized carbons (Fsp3) is 0.462. The molecule has 20 heavy (non-hydrogen) atoms. The number of aliphatic imine (C=N–C) groups is 1. The zero-order valence-electron chi connectivity index (χ0n) is 12.1. The number of aromatic nitrogens is 1. The summed E-state index contributed by atoms with van der Waals surface area (Å²) in [6, 6.07) is 5.75. The average molecular weight is 391 g/mol. The first-order valence-corrected chi connectivity index (χ1v) is 6.12. The Kier molecular flexibility index (Phi) is 8.86. The number of carbonyl (C=O) groups is 1.